The van der Waals surface area contributed by atoms with E-state index < -0.39 is 0 Å². The molecule has 2 amide bonds. The van der Waals surface area contributed by atoms with Gasteiger partial charge in [0.25, 0.3) is 0 Å². The number of hydrogen-bond donors (Lipinski definition) is 3. The van der Waals surface area contributed by atoms with Crippen LogP contribution in [-0.2, 0) is 9.59 Å². The number of aromatic nitrogens is 5. The molecule has 2 aliphatic rings. The molecule has 10 nitrogen and oxygen atoms in total. The van der Waals surface area contributed by atoms with Gasteiger partial charge in [-0.25, -0.2) is 9.97 Å². The van der Waals surface area contributed by atoms with E-state index in [9.17, 15) is 9.59 Å². The number of aromatic amines is 2. The number of amides is 2. The fraction of sp³-hybridized carbons (Fsp3) is 0.405. The summed E-state index contributed by atoms with van der Waals surface area (Å²) in [6.45, 7) is 11.9. The molecule has 4 atom stereocenters. The second-order valence-electron chi connectivity index (χ2n) is 15.0. The van der Waals surface area contributed by atoms with E-state index in [1.807, 2.05) is 41.2 Å². The third kappa shape index (κ3) is 7.24. The van der Waals surface area contributed by atoms with E-state index in [2.05, 4.69) is 96.5 Å². The summed E-state index contributed by atoms with van der Waals surface area (Å²) in [6, 6.07) is 20.4. The first-order chi connectivity index (χ1) is 25.2. The number of nitrogens with zero attached hydrogens (tertiary/aromatic N) is 5. The molecule has 2 aliphatic heterocycles. The van der Waals surface area contributed by atoms with Crippen LogP contribution in [0, 0.1) is 17.8 Å². The maximum Gasteiger partial charge on any atom is 0.245 e. The number of anilines is 1. The normalized spacial score (nSPS) is 18.7. The van der Waals surface area contributed by atoms with Crippen molar-refractivity contribution in [1.82, 2.24) is 34.7 Å². The number of hydrogen-bond acceptors (Lipinski definition) is 6. The molecule has 2 fully saturated rings. The van der Waals surface area contributed by atoms with Crippen LogP contribution in [-0.4, -0.2) is 65.7 Å². The molecule has 2 aromatic carbocycles. The number of carbonyl (C=O) groups is 2. The topological polar surface area (TPSA) is 123 Å². The summed E-state index contributed by atoms with van der Waals surface area (Å²) in [5, 5.41) is 3.41. The second-order valence-corrected chi connectivity index (χ2v) is 15.0. The predicted molar refractivity (Wildman–Crippen MR) is 205 cm³/mol. The van der Waals surface area contributed by atoms with Gasteiger partial charge in [0.15, 0.2) is 0 Å². The number of rotatable bonds is 11. The lowest BCUT2D eigenvalue weighted by Crippen LogP contribution is -2.45. The summed E-state index contributed by atoms with van der Waals surface area (Å²) in [5.74, 6) is 2.41. The van der Waals surface area contributed by atoms with Gasteiger partial charge < -0.3 is 25.1 Å². The Kier molecular flexibility index (Phi) is 10.2. The van der Waals surface area contributed by atoms with E-state index in [0.717, 1.165) is 83.2 Å². The zero-order valence-electron chi connectivity index (χ0n) is 30.8. The fourth-order valence-corrected chi connectivity index (χ4v) is 7.49. The number of H-pyrrole nitrogens is 2. The second kappa shape index (κ2) is 15.2. The summed E-state index contributed by atoms with van der Waals surface area (Å²) < 4.78 is 0. The van der Waals surface area contributed by atoms with Crippen molar-refractivity contribution >= 4 is 17.5 Å². The van der Waals surface area contributed by atoms with Gasteiger partial charge in [0, 0.05) is 31.4 Å². The number of nitrogens with one attached hydrogen (secondary N) is 3. The van der Waals surface area contributed by atoms with Gasteiger partial charge in [0.05, 0.1) is 41.6 Å². The van der Waals surface area contributed by atoms with Crippen LogP contribution in [0.25, 0.3) is 33.6 Å². The summed E-state index contributed by atoms with van der Waals surface area (Å²) >= 11 is 0. The summed E-state index contributed by atoms with van der Waals surface area (Å²) in [6.07, 6.45) is 11.0. The van der Waals surface area contributed by atoms with Gasteiger partial charge in [0.2, 0.25) is 11.8 Å². The van der Waals surface area contributed by atoms with Crippen LogP contribution in [0.1, 0.15) is 84.0 Å². The van der Waals surface area contributed by atoms with Crippen LogP contribution in [0.2, 0.25) is 0 Å². The number of imidazole rings is 2. The smallest absolute Gasteiger partial charge is 0.245 e. The zero-order valence-corrected chi connectivity index (χ0v) is 30.8. The molecule has 3 N–H and O–H groups in total. The third-order valence-corrected chi connectivity index (χ3v) is 10.9. The molecule has 10 heteroatoms. The number of benzene rings is 2. The zero-order chi connectivity index (χ0) is 36.4. The highest BCUT2D eigenvalue weighted by molar-refractivity contribution is 5.85. The van der Waals surface area contributed by atoms with Gasteiger partial charge in [-0.15, -0.1) is 0 Å². The van der Waals surface area contributed by atoms with Crippen LogP contribution in [0.4, 0.5) is 5.69 Å². The van der Waals surface area contributed by atoms with Crippen LogP contribution >= 0.6 is 0 Å². The SMILES string of the molecule is CC(C)[C@H](C)C(=O)N1CCC[C@H]1c1ncc(-c2ccc(-c3ccc(-c4cnc([C@@H]5CCCN5C(=O)[C@@H](Nc5cccnc5)C(C)C)[nH]4)cc3)cc2)[nH]1. The maximum absolute atomic E-state index is 13.8. The molecule has 7 rings (SSSR count). The number of likely N-dealkylation sites (tertiary alicyclic amines) is 2. The summed E-state index contributed by atoms with van der Waals surface area (Å²) in [5.41, 5.74) is 7.07. The van der Waals surface area contributed by atoms with Crippen LogP contribution in [0.5, 0.6) is 0 Å². The molecule has 5 heterocycles. The van der Waals surface area contributed by atoms with Crippen molar-refractivity contribution in [3.63, 3.8) is 0 Å². The lowest BCUT2D eigenvalue weighted by atomic mass is 9.96. The molecular weight excluding hydrogens is 649 g/mol. The van der Waals surface area contributed by atoms with E-state index in [-0.39, 0.29) is 41.8 Å². The Labute approximate surface area is 306 Å². The van der Waals surface area contributed by atoms with Gasteiger partial charge in [-0.1, -0.05) is 83.1 Å². The third-order valence-electron chi connectivity index (χ3n) is 10.9. The van der Waals surface area contributed by atoms with Gasteiger partial charge in [-0.3, -0.25) is 14.6 Å². The molecule has 52 heavy (non-hydrogen) atoms. The van der Waals surface area contributed by atoms with E-state index in [4.69, 9.17) is 9.97 Å². The highest BCUT2D eigenvalue weighted by atomic mass is 16.2. The van der Waals surface area contributed by atoms with E-state index in [0.29, 0.717) is 12.5 Å². The highest BCUT2D eigenvalue weighted by Crippen LogP contribution is 2.35. The fourth-order valence-electron chi connectivity index (χ4n) is 7.49. The Bertz CT molecular complexity index is 1960. The van der Waals surface area contributed by atoms with Crippen molar-refractivity contribution in [3.8, 4) is 33.6 Å². The molecule has 270 valence electrons. The summed E-state index contributed by atoms with van der Waals surface area (Å²) in [4.78, 5) is 51.7. The first-order valence-electron chi connectivity index (χ1n) is 18.8. The predicted octanol–water partition coefficient (Wildman–Crippen LogP) is 8.28. The molecule has 0 radical (unpaired) electrons. The van der Waals surface area contributed by atoms with E-state index in [1.165, 1.54) is 0 Å². The maximum atomic E-state index is 13.8. The minimum absolute atomic E-state index is 0.00168. The molecular formula is C42H50N8O2. The highest BCUT2D eigenvalue weighted by Gasteiger charge is 2.37. The molecule has 0 bridgehead atoms. The molecule has 3 aromatic heterocycles. The van der Waals surface area contributed by atoms with Crippen molar-refractivity contribution in [2.24, 2.45) is 17.8 Å². The van der Waals surface area contributed by atoms with Gasteiger partial charge in [-0.05, 0) is 71.9 Å². The summed E-state index contributed by atoms with van der Waals surface area (Å²) in [7, 11) is 0. The lowest BCUT2D eigenvalue weighted by molar-refractivity contribution is -0.137. The monoisotopic (exact) mass is 698 g/mol. The molecule has 5 aromatic rings. The Morgan fingerprint density at radius 2 is 1.17 bits per heavy atom. The van der Waals surface area contributed by atoms with Crippen LogP contribution in [0.3, 0.4) is 0 Å². The van der Waals surface area contributed by atoms with Crippen molar-refractivity contribution in [2.45, 2.75) is 78.4 Å². The van der Waals surface area contributed by atoms with Crippen molar-refractivity contribution in [2.75, 3.05) is 18.4 Å². The number of pyridine rings is 1. The van der Waals surface area contributed by atoms with Crippen molar-refractivity contribution < 1.29 is 9.59 Å². The lowest BCUT2D eigenvalue weighted by Gasteiger charge is -2.30. The largest absolute Gasteiger partial charge is 0.372 e. The van der Waals surface area contributed by atoms with E-state index >= 15 is 0 Å². The first kappa shape index (κ1) is 35.2. The van der Waals surface area contributed by atoms with Crippen molar-refractivity contribution in [1.29, 1.82) is 0 Å². The molecule has 0 unspecified atom stereocenters. The molecule has 0 spiro atoms. The van der Waals surface area contributed by atoms with Gasteiger partial charge in [0.1, 0.15) is 17.7 Å². The molecule has 0 saturated carbocycles. The first-order valence-corrected chi connectivity index (χ1v) is 18.8. The Hall–Kier alpha value is -5.25. The average Bonchev–Trinajstić information content (AvgIpc) is 4.00. The minimum Gasteiger partial charge on any atom is -0.372 e. The van der Waals surface area contributed by atoms with Crippen LogP contribution < -0.4 is 5.32 Å². The van der Waals surface area contributed by atoms with Crippen LogP contribution in [0.15, 0.2) is 85.5 Å². The van der Waals surface area contributed by atoms with E-state index in [1.54, 1.807) is 12.4 Å². The van der Waals surface area contributed by atoms with Gasteiger partial charge >= 0.3 is 0 Å². The standard InChI is InChI=1S/C42H50N8O2/c1-26(2)28(5)41(51)49-21-7-10-36(49)39-44-24-34(47-39)31-16-12-29(13-17-31)30-14-18-32(19-15-30)35-25-45-40(48-35)37-11-8-22-50(37)42(52)38(27(3)4)46-33-9-6-20-43-23-33/h6,9,12-20,23-28,36-38,46H,7-8,10-11,21-22H2,1-5H3,(H,44,47)(H,45,48)/t28-,36-,37-,38-/m0/s1. The van der Waals surface area contributed by atoms with Crippen molar-refractivity contribution in [3.05, 3.63) is 97.1 Å². The quantitative estimate of drug-likeness (QED) is 0.128. The van der Waals surface area contributed by atoms with Gasteiger partial charge in [-0.2, -0.15) is 0 Å². The Balaban J connectivity index is 1.00. The Morgan fingerprint density at radius 1 is 0.673 bits per heavy atom. The average molecular weight is 699 g/mol. The minimum atomic E-state index is -0.351. The molecule has 0 aliphatic carbocycles. The Morgan fingerprint density at radius 3 is 1.63 bits per heavy atom. The number of carbonyl (C=O) groups excluding carboxylic acids is 2. The molecule has 2 saturated heterocycles.